The van der Waals surface area contributed by atoms with Gasteiger partial charge in [0.15, 0.2) is 0 Å². The molecular weight excluding hydrogens is 560 g/mol. The molecule has 1 saturated carbocycles. The van der Waals surface area contributed by atoms with E-state index in [1.165, 1.54) is 25.8 Å². The van der Waals surface area contributed by atoms with Gasteiger partial charge in [0, 0.05) is 67.8 Å². The summed E-state index contributed by atoms with van der Waals surface area (Å²) in [5, 5.41) is 8.27. The Labute approximate surface area is 255 Å². The van der Waals surface area contributed by atoms with Gasteiger partial charge >= 0.3 is 0 Å². The van der Waals surface area contributed by atoms with Gasteiger partial charge in [-0.05, 0) is 43.0 Å². The zero-order valence-electron chi connectivity index (χ0n) is 24.7. The predicted molar refractivity (Wildman–Crippen MR) is 166 cm³/mol. The highest BCUT2D eigenvalue weighted by molar-refractivity contribution is 5.95. The molecule has 0 bridgehead atoms. The van der Waals surface area contributed by atoms with Crippen LogP contribution in [0.4, 0.5) is 5.69 Å². The van der Waals surface area contributed by atoms with Crippen molar-refractivity contribution in [1.82, 2.24) is 25.5 Å². The molecule has 2 aromatic heterocycles. The van der Waals surface area contributed by atoms with Gasteiger partial charge in [-0.25, -0.2) is 0 Å². The summed E-state index contributed by atoms with van der Waals surface area (Å²) in [6.45, 7) is 1.17. The first-order valence-electron chi connectivity index (χ1n) is 14.4. The van der Waals surface area contributed by atoms with Crippen LogP contribution in [0.25, 0.3) is 11.1 Å². The van der Waals surface area contributed by atoms with Gasteiger partial charge in [0.1, 0.15) is 23.0 Å². The number of hydrogen-bond acceptors (Lipinski definition) is 9. The Morgan fingerprint density at radius 1 is 1.02 bits per heavy atom. The van der Waals surface area contributed by atoms with Crippen LogP contribution >= 0.6 is 0 Å². The lowest BCUT2D eigenvalue weighted by Crippen LogP contribution is -2.33. The van der Waals surface area contributed by atoms with Gasteiger partial charge in [-0.2, -0.15) is 0 Å². The summed E-state index contributed by atoms with van der Waals surface area (Å²) in [6.07, 6.45) is 7.90. The van der Waals surface area contributed by atoms with Crippen LogP contribution in [0.3, 0.4) is 0 Å². The molecule has 44 heavy (non-hydrogen) atoms. The Kier molecular flexibility index (Phi) is 9.08. The van der Waals surface area contributed by atoms with E-state index in [1.54, 1.807) is 30.6 Å². The van der Waals surface area contributed by atoms with Crippen LogP contribution in [-0.4, -0.2) is 59.8 Å². The van der Waals surface area contributed by atoms with Crippen LogP contribution in [0.1, 0.15) is 34.6 Å². The van der Waals surface area contributed by atoms with E-state index < -0.39 is 5.91 Å². The minimum absolute atomic E-state index is 0.0420. The lowest BCUT2D eigenvalue weighted by Gasteiger charge is -2.20. The molecule has 0 spiro atoms. The van der Waals surface area contributed by atoms with Crippen molar-refractivity contribution in [3.63, 3.8) is 0 Å². The molecule has 1 fully saturated rings. The summed E-state index contributed by atoms with van der Waals surface area (Å²) in [6, 6.07) is 12.9. The van der Waals surface area contributed by atoms with Gasteiger partial charge in [-0.1, -0.05) is 24.3 Å². The molecule has 12 heteroatoms. The summed E-state index contributed by atoms with van der Waals surface area (Å²) < 4.78 is 5.77. The Bertz CT molecular complexity index is 1600. The predicted octanol–water partition coefficient (Wildman–Crippen LogP) is 2.05. The molecule has 0 atom stereocenters. The minimum atomic E-state index is -0.533. The van der Waals surface area contributed by atoms with Gasteiger partial charge in [-0.3, -0.25) is 24.4 Å². The maximum absolute atomic E-state index is 13.3. The molecule has 12 nitrogen and oxygen atoms in total. The number of nitrogens with two attached hydrogens (primary N) is 2. The molecule has 0 saturated heterocycles. The number of carbonyl (C=O) groups excluding carboxylic acids is 3. The topological polar surface area (TPSA) is 178 Å². The van der Waals surface area contributed by atoms with E-state index in [2.05, 4.69) is 32.0 Å². The Hall–Kier alpha value is -5.39. The van der Waals surface area contributed by atoms with Gasteiger partial charge in [0.25, 0.3) is 11.8 Å². The summed E-state index contributed by atoms with van der Waals surface area (Å²) in [5.74, 6) is -0.408. The molecular formula is C32H36N8O4. The van der Waals surface area contributed by atoms with Crippen molar-refractivity contribution in [1.29, 1.82) is 0 Å². The number of likely N-dealkylation sites (N-methyl/N-ethyl adjacent to an activating group) is 1. The highest BCUT2D eigenvalue weighted by Crippen LogP contribution is 2.37. The molecule has 7 N–H and O–H groups in total. The molecule has 0 unspecified atom stereocenters. The number of nitrogens with zero attached hydrogens (tertiary/aromatic N) is 3. The molecule has 1 aliphatic carbocycles. The van der Waals surface area contributed by atoms with Crippen LogP contribution in [0.15, 0.2) is 78.1 Å². The van der Waals surface area contributed by atoms with Crippen molar-refractivity contribution >= 4 is 23.4 Å². The van der Waals surface area contributed by atoms with E-state index in [0.717, 1.165) is 25.0 Å². The molecule has 1 aromatic carbocycles. The summed E-state index contributed by atoms with van der Waals surface area (Å²) in [4.78, 5) is 48.7. The number of methoxy groups -OCH3 is 1. The maximum atomic E-state index is 13.3. The number of ether oxygens (including phenoxy) is 1. The molecule has 2 aliphatic rings. The molecule has 228 valence electrons. The first kappa shape index (κ1) is 30.1. The number of pyridine rings is 2. The van der Waals surface area contributed by atoms with E-state index in [1.807, 2.05) is 23.1 Å². The Morgan fingerprint density at radius 3 is 2.52 bits per heavy atom. The zero-order chi connectivity index (χ0) is 31.2. The first-order chi connectivity index (χ1) is 21.3. The number of hydrogen-bond donors (Lipinski definition) is 5. The molecule has 5 rings (SSSR count). The van der Waals surface area contributed by atoms with E-state index >= 15 is 0 Å². The number of anilines is 1. The minimum Gasteiger partial charge on any atom is -0.494 e. The van der Waals surface area contributed by atoms with Crippen LogP contribution in [-0.2, 0) is 22.4 Å². The van der Waals surface area contributed by atoms with Crippen LogP contribution in [0.5, 0.6) is 5.75 Å². The highest BCUT2D eigenvalue weighted by atomic mass is 16.5. The number of rotatable bonds is 9. The van der Waals surface area contributed by atoms with Crippen molar-refractivity contribution in [2.24, 2.45) is 17.4 Å². The largest absolute Gasteiger partial charge is 0.494 e. The van der Waals surface area contributed by atoms with Gasteiger partial charge in [0.05, 0.1) is 18.5 Å². The van der Waals surface area contributed by atoms with Crippen LogP contribution in [0.2, 0.25) is 0 Å². The van der Waals surface area contributed by atoms with Crippen LogP contribution < -0.4 is 32.2 Å². The van der Waals surface area contributed by atoms with Crippen molar-refractivity contribution in [3.8, 4) is 16.9 Å². The SMILES string of the molecule is CNC(=O)/C(N)=C(/C=C(\N)NC(=O)C1CC1)Nc1cccc(-c2ccc(C(=O)N3CCc4cccnc4CC3)nc2)c1OC. The molecule has 3 amide bonds. The lowest BCUT2D eigenvalue weighted by atomic mass is 10.0. The van der Waals surface area contributed by atoms with E-state index in [0.29, 0.717) is 47.8 Å². The number of amides is 3. The Morgan fingerprint density at radius 2 is 1.82 bits per heavy atom. The summed E-state index contributed by atoms with van der Waals surface area (Å²) in [5.41, 5.74) is 16.7. The molecule has 1 aliphatic heterocycles. The van der Waals surface area contributed by atoms with E-state index in [-0.39, 0.29) is 34.9 Å². The molecule has 3 heterocycles. The fourth-order valence-electron chi connectivity index (χ4n) is 5.02. The standard InChI is InChI=1S/C32H36N8O4/c1-35-31(42)28(34)26(17-27(33)39-30(41)20-8-9-20)38-24-7-3-6-22(29(24)44-2)21-10-11-25(37-18-21)32(43)40-15-12-19-5-4-14-36-23(19)13-16-40/h3-7,10-11,14,17-18,20,38H,8-9,12-13,15-16,33-34H2,1-2H3,(H,35,42)(H,39,41)/b27-17+,28-26+. The lowest BCUT2D eigenvalue weighted by molar-refractivity contribution is -0.121. The highest BCUT2D eigenvalue weighted by Gasteiger charge is 2.30. The average Bonchev–Trinajstić information content (AvgIpc) is 3.91. The van der Waals surface area contributed by atoms with Crippen molar-refractivity contribution < 1.29 is 19.1 Å². The number of carbonyl (C=O) groups is 3. The van der Waals surface area contributed by atoms with Gasteiger partial charge < -0.3 is 37.1 Å². The maximum Gasteiger partial charge on any atom is 0.272 e. The first-order valence-corrected chi connectivity index (χ1v) is 14.4. The van der Waals surface area contributed by atoms with E-state index in [4.69, 9.17) is 16.2 Å². The van der Waals surface area contributed by atoms with Crippen molar-refractivity contribution in [2.75, 3.05) is 32.6 Å². The number of nitrogens with one attached hydrogen (secondary N) is 3. The fourth-order valence-corrected chi connectivity index (χ4v) is 5.02. The number of aromatic nitrogens is 2. The second kappa shape index (κ2) is 13.3. The monoisotopic (exact) mass is 596 g/mol. The third-order valence-corrected chi connectivity index (χ3v) is 7.60. The van der Waals surface area contributed by atoms with Crippen molar-refractivity contribution in [2.45, 2.75) is 25.7 Å². The third kappa shape index (κ3) is 6.80. The normalized spacial score (nSPS) is 15.3. The zero-order valence-corrected chi connectivity index (χ0v) is 24.7. The van der Waals surface area contributed by atoms with Crippen LogP contribution in [0, 0.1) is 5.92 Å². The van der Waals surface area contributed by atoms with Crippen molar-refractivity contribution in [3.05, 3.63) is 95.1 Å². The third-order valence-electron chi connectivity index (χ3n) is 7.60. The van der Waals surface area contributed by atoms with Gasteiger partial charge in [0.2, 0.25) is 5.91 Å². The quantitative estimate of drug-likeness (QED) is 0.183. The second-order valence-corrected chi connectivity index (χ2v) is 10.6. The van der Waals surface area contributed by atoms with E-state index in [9.17, 15) is 14.4 Å². The average molecular weight is 597 g/mol. The van der Waals surface area contributed by atoms with Gasteiger partial charge in [-0.15, -0.1) is 0 Å². The summed E-state index contributed by atoms with van der Waals surface area (Å²) >= 11 is 0. The number of para-hydroxylation sites is 1. The summed E-state index contributed by atoms with van der Waals surface area (Å²) in [7, 11) is 2.98. The number of fused-ring (bicyclic) bond motifs is 1. The number of allylic oxidation sites excluding steroid dienone is 1. The molecule has 0 radical (unpaired) electrons. The molecule has 3 aromatic rings. The number of benzene rings is 1. The fraction of sp³-hybridized carbons (Fsp3) is 0.281. The Balaban J connectivity index is 1.37. The second-order valence-electron chi connectivity index (χ2n) is 10.6. The smallest absolute Gasteiger partial charge is 0.272 e.